The van der Waals surface area contributed by atoms with Gasteiger partial charge in [-0.2, -0.15) is 5.26 Å². The minimum Gasteiger partial charge on any atom is -0.313 e. The molecule has 4 aromatic rings. The number of benzene rings is 3. The smallest absolute Gasteiger partial charge is 0.284 e. The number of carbonyl (C=O) groups is 1. The van der Waals surface area contributed by atoms with Crippen molar-refractivity contribution in [2.24, 2.45) is 0 Å². The van der Waals surface area contributed by atoms with Crippen LogP contribution >= 0.6 is 11.3 Å². The molecule has 1 amide bonds. The van der Waals surface area contributed by atoms with Crippen LogP contribution < -0.4 is 9.62 Å². The van der Waals surface area contributed by atoms with Crippen LogP contribution in [0.4, 0.5) is 10.8 Å². The van der Waals surface area contributed by atoms with E-state index in [1.807, 2.05) is 53.4 Å². The number of amides is 1. The molecule has 180 valence electrons. The molecule has 1 N–H and O–H groups in total. The molecule has 0 unspecified atom stereocenters. The molecule has 0 fully saturated rings. The van der Waals surface area contributed by atoms with Crippen LogP contribution in [0.25, 0.3) is 6.08 Å². The molecule has 0 aliphatic rings. The molecular formula is C27H22N4O3S2. The van der Waals surface area contributed by atoms with Gasteiger partial charge >= 0.3 is 0 Å². The first-order chi connectivity index (χ1) is 17.3. The van der Waals surface area contributed by atoms with E-state index in [0.29, 0.717) is 27.7 Å². The van der Waals surface area contributed by atoms with Crippen LogP contribution in [-0.4, -0.2) is 19.3 Å². The van der Waals surface area contributed by atoms with E-state index in [1.54, 1.807) is 43.3 Å². The summed E-state index contributed by atoms with van der Waals surface area (Å²) in [5, 5.41) is 10.6. The highest BCUT2D eigenvalue weighted by Crippen LogP contribution is 2.33. The number of anilines is 2. The second-order valence-corrected chi connectivity index (χ2v) is 10.6. The minimum absolute atomic E-state index is 0.0402. The second kappa shape index (κ2) is 11.0. The minimum atomic E-state index is -4.02. The average Bonchev–Trinajstić information content (AvgIpc) is 3.28. The monoisotopic (exact) mass is 514 g/mol. The first-order valence-electron chi connectivity index (χ1n) is 10.9. The van der Waals surface area contributed by atoms with Crippen molar-refractivity contribution in [3.63, 3.8) is 0 Å². The summed E-state index contributed by atoms with van der Waals surface area (Å²) in [4.78, 5) is 19.9. The van der Waals surface area contributed by atoms with E-state index in [1.165, 1.54) is 17.4 Å². The van der Waals surface area contributed by atoms with Crippen molar-refractivity contribution in [3.05, 3.63) is 118 Å². The van der Waals surface area contributed by atoms with Gasteiger partial charge in [-0.05, 0) is 48.4 Å². The number of rotatable bonds is 8. The molecule has 0 bridgehead atoms. The number of aryl methyl sites for hydroxylation is 1. The lowest BCUT2D eigenvalue weighted by molar-refractivity contribution is 0.0977. The maximum atomic E-state index is 12.9. The largest absolute Gasteiger partial charge is 0.313 e. The van der Waals surface area contributed by atoms with E-state index in [9.17, 15) is 13.2 Å². The normalized spacial score (nSPS) is 11.2. The number of nitrogens with one attached hydrogen (secondary N) is 1. The Bertz CT molecular complexity index is 1520. The van der Waals surface area contributed by atoms with Gasteiger partial charge in [-0.3, -0.25) is 4.79 Å². The first-order valence-corrected chi connectivity index (χ1v) is 13.3. The molecule has 0 saturated carbocycles. The number of sulfonamides is 1. The highest BCUT2D eigenvalue weighted by atomic mass is 32.2. The van der Waals surface area contributed by atoms with Crippen LogP contribution in [0.3, 0.4) is 0 Å². The van der Waals surface area contributed by atoms with Gasteiger partial charge in [0.05, 0.1) is 23.6 Å². The summed E-state index contributed by atoms with van der Waals surface area (Å²) in [5.41, 5.74) is 3.08. The second-order valence-electron chi connectivity index (χ2n) is 7.82. The number of hydrogen-bond donors (Lipinski definition) is 1. The average molecular weight is 515 g/mol. The highest BCUT2D eigenvalue weighted by molar-refractivity contribution is 7.93. The van der Waals surface area contributed by atoms with Crippen LogP contribution in [0, 0.1) is 18.3 Å². The SMILES string of the molecule is Cc1sc(N(Cc2ccccc2)c2ccc(C#N)cc2)nc1C(=O)NS(=O)(=O)/C=C/c1ccccc1. The van der Waals surface area contributed by atoms with Crippen LogP contribution in [-0.2, 0) is 16.6 Å². The quantitative estimate of drug-likeness (QED) is 0.338. The Hall–Kier alpha value is -4.26. The maximum Gasteiger partial charge on any atom is 0.284 e. The molecule has 0 saturated heterocycles. The van der Waals surface area contributed by atoms with Crippen molar-refractivity contribution in [2.75, 3.05) is 4.90 Å². The van der Waals surface area contributed by atoms with Gasteiger partial charge in [0.15, 0.2) is 5.13 Å². The van der Waals surface area contributed by atoms with E-state index in [4.69, 9.17) is 5.26 Å². The fourth-order valence-corrected chi connectivity index (χ4v) is 5.09. The first kappa shape index (κ1) is 24.9. The molecule has 4 rings (SSSR count). The molecule has 9 heteroatoms. The predicted molar refractivity (Wildman–Crippen MR) is 142 cm³/mol. The standard InChI is InChI=1S/C27H22N4O3S2/c1-20-25(26(32)30-36(33,34)17-16-21-8-4-2-5-9-21)29-27(35-20)31(19-23-10-6-3-7-11-23)24-14-12-22(18-28)13-15-24/h2-17H,19H2,1H3,(H,30,32)/b17-16+. The van der Waals surface area contributed by atoms with Crippen LogP contribution in [0.15, 0.2) is 90.3 Å². The zero-order valence-electron chi connectivity index (χ0n) is 19.3. The van der Waals surface area contributed by atoms with E-state index in [0.717, 1.165) is 16.7 Å². The Morgan fingerprint density at radius 2 is 1.67 bits per heavy atom. The molecule has 0 aliphatic carbocycles. The molecule has 1 aromatic heterocycles. The summed E-state index contributed by atoms with van der Waals surface area (Å²) >= 11 is 1.29. The van der Waals surface area contributed by atoms with Gasteiger partial charge in [-0.15, -0.1) is 11.3 Å². The van der Waals surface area contributed by atoms with Gasteiger partial charge in [-0.25, -0.2) is 18.1 Å². The molecule has 0 atom stereocenters. The van der Waals surface area contributed by atoms with E-state index >= 15 is 0 Å². The van der Waals surface area contributed by atoms with Gasteiger partial charge in [0.1, 0.15) is 5.69 Å². The molecule has 0 spiro atoms. The zero-order valence-corrected chi connectivity index (χ0v) is 21.0. The van der Waals surface area contributed by atoms with Crippen LogP contribution in [0.5, 0.6) is 0 Å². The van der Waals surface area contributed by atoms with Crippen molar-refractivity contribution >= 4 is 44.2 Å². The van der Waals surface area contributed by atoms with Crippen molar-refractivity contribution < 1.29 is 13.2 Å². The third kappa shape index (κ3) is 6.24. The van der Waals surface area contributed by atoms with E-state index in [2.05, 4.69) is 15.8 Å². The van der Waals surface area contributed by atoms with E-state index in [-0.39, 0.29) is 5.69 Å². The number of thiazole rings is 1. The number of aromatic nitrogens is 1. The Morgan fingerprint density at radius 3 is 2.31 bits per heavy atom. The van der Waals surface area contributed by atoms with E-state index < -0.39 is 15.9 Å². The number of nitriles is 1. The van der Waals surface area contributed by atoms with Crippen molar-refractivity contribution in [1.82, 2.24) is 9.71 Å². The summed E-state index contributed by atoms with van der Waals surface area (Å²) in [6.45, 7) is 2.20. The summed E-state index contributed by atoms with van der Waals surface area (Å²) < 4.78 is 27.0. The number of nitrogens with zero attached hydrogens (tertiary/aromatic N) is 3. The predicted octanol–water partition coefficient (Wildman–Crippen LogP) is 5.39. The van der Waals surface area contributed by atoms with Crippen molar-refractivity contribution in [2.45, 2.75) is 13.5 Å². The molecule has 0 aliphatic heterocycles. The van der Waals surface area contributed by atoms with Gasteiger partial charge in [0.2, 0.25) is 0 Å². The Balaban J connectivity index is 1.60. The van der Waals surface area contributed by atoms with Gasteiger partial charge < -0.3 is 4.90 Å². The molecule has 1 heterocycles. The topological polar surface area (TPSA) is 103 Å². The Labute approximate surface area is 214 Å². The molecule has 36 heavy (non-hydrogen) atoms. The summed E-state index contributed by atoms with van der Waals surface area (Å²) in [6.07, 6.45) is 1.42. The Morgan fingerprint density at radius 1 is 1.03 bits per heavy atom. The summed E-state index contributed by atoms with van der Waals surface area (Å²) in [6, 6.07) is 27.9. The third-order valence-electron chi connectivity index (χ3n) is 5.20. The Kier molecular flexibility index (Phi) is 7.59. The van der Waals surface area contributed by atoms with Gasteiger partial charge in [0.25, 0.3) is 15.9 Å². The lowest BCUT2D eigenvalue weighted by Gasteiger charge is -2.22. The van der Waals surface area contributed by atoms with Crippen molar-refractivity contribution in [1.29, 1.82) is 5.26 Å². The van der Waals surface area contributed by atoms with Gasteiger partial charge in [-0.1, -0.05) is 60.7 Å². The fourth-order valence-electron chi connectivity index (χ4n) is 3.40. The molecule has 3 aromatic carbocycles. The lowest BCUT2D eigenvalue weighted by Crippen LogP contribution is -2.29. The third-order valence-corrected chi connectivity index (χ3v) is 7.16. The lowest BCUT2D eigenvalue weighted by atomic mass is 10.2. The zero-order chi connectivity index (χ0) is 25.5. The highest BCUT2D eigenvalue weighted by Gasteiger charge is 2.23. The molecular weight excluding hydrogens is 492 g/mol. The fraction of sp³-hybridized carbons (Fsp3) is 0.0741. The summed E-state index contributed by atoms with van der Waals surface area (Å²) in [7, 11) is -4.02. The van der Waals surface area contributed by atoms with Crippen molar-refractivity contribution in [3.8, 4) is 6.07 Å². The number of hydrogen-bond acceptors (Lipinski definition) is 7. The number of carbonyl (C=O) groups excluding carboxylic acids is 1. The summed E-state index contributed by atoms with van der Waals surface area (Å²) in [5.74, 6) is -0.799. The maximum absolute atomic E-state index is 12.9. The van der Waals surface area contributed by atoms with Crippen LogP contribution in [0.1, 0.15) is 32.1 Å². The molecule has 7 nitrogen and oxygen atoms in total. The van der Waals surface area contributed by atoms with Crippen LogP contribution in [0.2, 0.25) is 0 Å². The van der Waals surface area contributed by atoms with Gasteiger partial charge in [0, 0.05) is 10.6 Å². The molecule has 0 radical (unpaired) electrons.